The highest BCUT2D eigenvalue weighted by Gasteiger charge is 2.44. The van der Waals surface area contributed by atoms with E-state index in [4.69, 9.17) is 9.47 Å². The van der Waals surface area contributed by atoms with Gasteiger partial charge in [-0.3, -0.25) is 15.0 Å². The fraction of sp³-hybridized carbons (Fsp3) is 0.588. The zero-order valence-corrected chi connectivity index (χ0v) is 13.1. The Labute approximate surface area is 131 Å². The number of likely N-dealkylation sites (tertiary alicyclic amines) is 1. The zero-order valence-electron chi connectivity index (χ0n) is 13.1. The molecule has 1 atom stereocenters. The molecule has 1 aromatic rings. The van der Waals surface area contributed by atoms with E-state index in [0.717, 1.165) is 32.5 Å². The summed E-state index contributed by atoms with van der Waals surface area (Å²) < 4.78 is 11.0. The summed E-state index contributed by atoms with van der Waals surface area (Å²) in [6.07, 6.45) is 1.80. The van der Waals surface area contributed by atoms with Crippen molar-refractivity contribution in [3.63, 3.8) is 0 Å². The lowest BCUT2D eigenvalue weighted by Crippen LogP contribution is -2.53. The number of carbonyl (C=O) groups is 1. The summed E-state index contributed by atoms with van der Waals surface area (Å²) in [4.78, 5) is 14.2. The predicted molar refractivity (Wildman–Crippen MR) is 83.2 cm³/mol. The van der Waals surface area contributed by atoms with E-state index >= 15 is 0 Å². The molecule has 2 heterocycles. The van der Waals surface area contributed by atoms with Gasteiger partial charge < -0.3 is 9.47 Å². The lowest BCUT2D eigenvalue weighted by Gasteiger charge is -2.38. The van der Waals surface area contributed by atoms with Crippen molar-refractivity contribution in [1.29, 1.82) is 0 Å². The Hall–Kier alpha value is -1.43. The molecular weight excluding hydrogens is 280 g/mol. The average molecular weight is 304 g/mol. The molecule has 5 nitrogen and oxygen atoms in total. The Bertz CT molecular complexity index is 498. The smallest absolute Gasteiger partial charge is 0.325 e. The Morgan fingerprint density at radius 3 is 2.77 bits per heavy atom. The van der Waals surface area contributed by atoms with Gasteiger partial charge in [0.15, 0.2) is 0 Å². The Morgan fingerprint density at radius 2 is 2.09 bits per heavy atom. The van der Waals surface area contributed by atoms with Gasteiger partial charge in [0.25, 0.3) is 0 Å². The van der Waals surface area contributed by atoms with E-state index in [1.54, 1.807) is 0 Å². The number of esters is 1. The second kappa shape index (κ2) is 6.77. The van der Waals surface area contributed by atoms with E-state index in [2.05, 4.69) is 34.5 Å². The Balaban J connectivity index is 1.50. The van der Waals surface area contributed by atoms with Crippen LogP contribution >= 0.6 is 0 Å². The monoisotopic (exact) mass is 304 g/mol. The first kappa shape index (κ1) is 15.5. The molecule has 1 aromatic carbocycles. The fourth-order valence-corrected chi connectivity index (χ4v) is 3.22. The molecule has 0 aliphatic carbocycles. The Kier molecular flexibility index (Phi) is 4.76. The summed E-state index contributed by atoms with van der Waals surface area (Å²) >= 11 is 0. The van der Waals surface area contributed by atoms with Gasteiger partial charge in [-0.15, -0.1) is 0 Å². The van der Waals surface area contributed by atoms with Crippen molar-refractivity contribution in [2.75, 3.05) is 26.3 Å². The van der Waals surface area contributed by atoms with Crippen LogP contribution in [0.1, 0.15) is 25.3 Å². The van der Waals surface area contributed by atoms with Crippen molar-refractivity contribution < 1.29 is 14.3 Å². The van der Waals surface area contributed by atoms with E-state index in [1.165, 1.54) is 5.56 Å². The van der Waals surface area contributed by atoms with E-state index in [1.807, 2.05) is 13.0 Å². The SMILES string of the molecule is CCOC(=O)C1COC2(CCN(Cc3ccccc3)CC2)N1. The number of hydrogen-bond acceptors (Lipinski definition) is 5. The third-order valence-corrected chi connectivity index (χ3v) is 4.45. The van der Waals surface area contributed by atoms with Crippen LogP contribution in [0.3, 0.4) is 0 Å². The lowest BCUT2D eigenvalue weighted by molar-refractivity contribution is -0.145. The van der Waals surface area contributed by atoms with Gasteiger partial charge in [0.1, 0.15) is 11.8 Å². The third-order valence-electron chi connectivity index (χ3n) is 4.45. The molecule has 0 aromatic heterocycles. The van der Waals surface area contributed by atoms with Crippen LogP contribution in [0.2, 0.25) is 0 Å². The highest BCUT2D eigenvalue weighted by Crippen LogP contribution is 2.29. The van der Waals surface area contributed by atoms with Gasteiger partial charge in [-0.2, -0.15) is 0 Å². The molecule has 2 aliphatic rings. The van der Waals surface area contributed by atoms with Crippen molar-refractivity contribution in [2.45, 2.75) is 38.1 Å². The normalized spacial score (nSPS) is 24.5. The average Bonchev–Trinajstić information content (AvgIpc) is 2.95. The number of nitrogens with zero attached hydrogens (tertiary/aromatic N) is 1. The Morgan fingerprint density at radius 1 is 1.36 bits per heavy atom. The molecule has 0 amide bonds. The minimum absolute atomic E-state index is 0.203. The summed E-state index contributed by atoms with van der Waals surface area (Å²) in [5.74, 6) is -0.203. The molecule has 2 saturated heterocycles. The van der Waals surface area contributed by atoms with Crippen molar-refractivity contribution in [2.24, 2.45) is 0 Å². The first-order chi connectivity index (χ1) is 10.7. The molecule has 0 radical (unpaired) electrons. The molecule has 2 fully saturated rings. The van der Waals surface area contributed by atoms with E-state index in [0.29, 0.717) is 13.2 Å². The van der Waals surface area contributed by atoms with Gasteiger partial charge >= 0.3 is 5.97 Å². The maximum Gasteiger partial charge on any atom is 0.325 e. The van der Waals surface area contributed by atoms with Crippen LogP contribution in [0.25, 0.3) is 0 Å². The van der Waals surface area contributed by atoms with E-state index < -0.39 is 0 Å². The minimum atomic E-state index is -0.343. The zero-order chi connectivity index (χ0) is 15.4. The number of carbonyl (C=O) groups excluding carboxylic acids is 1. The molecule has 22 heavy (non-hydrogen) atoms. The van der Waals surface area contributed by atoms with Crippen molar-refractivity contribution in [1.82, 2.24) is 10.2 Å². The first-order valence-corrected chi connectivity index (χ1v) is 8.05. The van der Waals surface area contributed by atoms with Crippen LogP contribution in [0.5, 0.6) is 0 Å². The van der Waals surface area contributed by atoms with Crippen molar-refractivity contribution in [3.8, 4) is 0 Å². The topological polar surface area (TPSA) is 50.8 Å². The van der Waals surface area contributed by atoms with Crippen molar-refractivity contribution in [3.05, 3.63) is 35.9 Å². The fourth-order valence-electron chi connectivity index (χ4n) is 3.22. The summed E-state index contributed by atoms with van der Waals surface area (Å²) in [5.41, 5.74) is 0.994. The van der Waals surface area contributed by atoms with Gasteiger partial charge in [0.05, 0.1) is 13.2 Å². The van der Waals surface area contributed by atoms with Gasteiger partial charge in [0, 0.05) is 32.5 Å². The van der Waals surface area contributed by atoms with Crippen molar-refractivity contribution >= 4 is 5.97 Å². The highest BCUT2D eigenvalue weighted by molar-refractivity contribution is 5.76. The van der Waals surface area contributed by atoms with Gasteiger partial charge in [-0.1, -0.05) is 30.3 Å². The molecule has 120 valence electrons. The molecule has 2 aliphatic heterocycles. The molecule has 1 spiro atoms. The largest absolute Gasteiger partial charge is 0.465 e. The standard InChI is InChI=1S/C17H24N2O3/c1-2-21-16(20)15-13-22-17(18-15)8-10-19(11-9-17)12-14-6-4-3-5-7-14/h3-7,15,18H,2,8-13H2,1H3. The lowest BCUT2D eigenvalue weighted by atomic mass is 10.00. The maximum atomic E-state index is 11.8. The van der Waals surface area contributed by atoms with Crippen LogP contribution in [0.15, 0.2) is 30.3 Å². The number of rotatable bonds is 4. The van der Waals surface area contributed by atoms with Gasteiger partial charge in [0.2, 0.25) is 0 Å². The van der Waals surface area contributed by atoms with Gasteiger partial charge in [-0.25, -0.2) is 0 Å². The summed E-state index contributed by atoms with van der Waals surface area (Å²) in [6, 6.07) is 10.2. The number of hydrogen-bond donors (Lipinski definition) is 1. The van der Waals surface area contributed by atoms with Crippen LogP contribution in [-0.4, -0.2) is 48.9 Å². The number of ether oxygens (including phenoxy) is 2. The third kappa shape index (κ3) is 3.48. The molecule has 0 bridgehead atoms. The number of nitrogens with one attached hydrogen (secondary N) is 1. The van der Waals surface area contributed by atoms with Crippen LogP contribution in [0, 0.1) is 0 Å². The van der Waals surface area contributed by atoms with Crippen LogP contribution < -0.4 is 5.32 Å². The summed E-state index contributed by atoms with van der Waals surface area (Å²) in [7, 11) is 0. The number of piperidine rings is 1. The maximum absolute atomic E-state index is 11.8. The quantitative estimate of drug-likeness (QED) is 0.855. The van der Waals surface area contributed by atoms with E-state index in [9.17, 15) is 4.79 Å². The first-order valence-electron chi connectivity index (χ1n) is 8.05. The van der Waals surface area contributed by atoms with Gasteiger partial charge in [-0.05, 0) is 12.5 Å². The molecule has 5 heteroatoms. The molecule has 0 saturated carbocycles. The van der Waals surface area contributed by atoms with Crippen LogP contribution in [-0.2, 0) is 20.8 Å². The van der Waals surface area contributed by atoms with Crippen LogP contribution in [0.4, 0.5) is 0 Å². The number of benzene rings is 1. The summed E-state index contributed by atoms with van der Waals surface area (Å²) in [5, 5.41) is 3.35. The summed E-state index contributed by atoms with van der Waals surface area (Å²) in [6.45, 7) is 5.56. The molecule has 1 unspecified atom stereocenters. The second-order valence-electron chi connectivity index (χ2n) is 6.02. The molecular formula is C17H24N2O3. The molecule has 3 rings (SSSR count). The predicted octanol–water partition coefficient (Wildman–Crippen LogP) is 1.53. The molecule has 1 N–H and O–H groups in total. The van der Waals surface area contributed by atoms with E-state index in [-0.39, 0.29) is 17.7 Å². The highest BCUT2D eigenvalue weighted by atomic mass is 16.6. The second-order valence-corrected chi connectivity index (χ2v) is 6.02. The minimum Gasteiger partial charge on any atom is -0.465 e.